The standard InChI is InChI=1S/C29H26N4O5/c1-2-23-26(35)33(22-13-18(9-11-24(22)38-23)17-6-4-3-5-7-17)16-25(34)30-21-10-8-19-14-29(15-20(19)12-21)27(36)31-28(37)32-29/h3-13,23H,2,14-16H2,1H3,(H,30,34)(H2,31,32,36,37). The summed E-state index contributed by atoms with van der Waals surface area (Å²) >= 11 is 0. The van der Waals surface area contributed by atoms with Crippen molar-refractivity contribution in [1.82, 2.24) is 10.6 Å². The number of rotatable bonds is 5. The number of nitrogens with zero attached hydrogens (tertiary/aromatic N) is 1. The smallest absolute Gasteiger partial charge is 0.322 e. The molecule has 1 saturated heterocycles. The second-order valence-electron chi connectivity index (χ2n) is 9.86. The van der Waals surface area contributed by atoms with E-state index < -0.39 is 17.7 Å². The van der Waals surface area contributed by atoms with Gasteiger partial charge in [-0.3, -0.25) is 24.6 Å². The van der Waals surface area contributed by atoms with E-state index in [1.165, 1.54) is 4.90 Å². The highest BCUT2D eigenvalue weighted by Gasteiger charge is 2.50. The molecule has 3 aliphatic rings. The molecule has 0 saturated carbocycles. The molecular formula is C29H26N4O5. The van der Waals surface area contributed by atoms with Crippen molar-refractivity contribution >= 4 is 35.1 Å². The Labute approximate surface area is 219 Å². The highest BCUT2D eigenvalue weighted by Crippen LogP contribution is 2.38. The van der Waals surface area contributed by atoms with E-state index in [1.807, 2.05) is 67.6 Å². The summed E-state index contributed by atoms with van der Waals surface area (Å²) in [6.45, 7) is 1.69. The molecule has 3 aromatic rings. The van der Waals surface area contributed by atoms with Gasteiger partial charge in [0.15, 0.2) is 6.10 Å². The molecule has 3 aromatic carbocycles. The highest BCUT2D eigenvalue weighted by molar-refractivity contribution is 6.08. The normalized spacial score (nSPS) is 21.4. The summed E-state index contributed by atoms with van der Waals surface area (Å²) in [6.07, 6.45) is 0.559. The summed E-state index contributed by atoms with van der Waals surface area (Å²) in [4.78, 5) is 51.9. The molecule has 0 aromatic heterocycles. The number of imide groups is 1. The molecule has 0 bridgehead atoms. The van der Waals surface area contributed by atoms with E-state index in [2.05, 4.69) is 16.0 Å². The molecule has 2 aliphatic heterocycles. The average molecular weight is 511 g/mol. The molecule has 1 spiro atoms. The fourth-order valence-electron chi connectivity index (χ4n) is 5.43. The summed E-state index contributed by atoms with van der Waals surface area (Å²) in [7, 11) is 0. The fraction of sp³-hybridized carbons (Fsp3) is 0.241. The number of urea groups is 1. The van der Waals surface area contributed by atoms with Crippen molar-refractivity contribution in [2.45, 2.75) is 37.8 Å². The second kappa shape index (κ2) is 9.02. The molecule has 9 nitrogen and oxygen atoms in total. The van der Waals surface area contributed by atoms with E-state index in [-0.39, 0.29) is 24.3 Å². The zero-order valence-corrected chi connectivity index (χ0v) is 20.7. The van der Waals surface area contributed by atoms with Crippen LogP contribution in [0.4, 0.5) is 16.2 Å². The number of fused-ring (bicyclic) bond motifs is 2. The van der Waals surface area contributed by atoms with Gasteiger partial charge in [0, 0.05) is 18.5 Å². The number of nitrogens with one attached hydrogen (secondary N) is 3. The highest BCUT2D eigenvalue weighted by atomic mass is 16.5. The monoisotopic (exact) mass is 510 g/mol. The van der Waals surface area contributed by atoms with Crippen LogP contribution in [0.1, 0.15) is 24.5 Å². The van der Waals surface area contributed by atoms with Gasteiger partial charge in [-0.1, -0.05) is 49.4 Å². The Hall–Kier alpha value is -4.66. The molecule has 3 N–H and O–H groups in total. The van der Waals surface area contributed by atoms with Crippen LogP contribution in [0.15, 0.2) is 66.7 Å². The summed E-state index contributed by atoms with van der Waals surface area (Å²) in [6, 6.07) is 20.4. The molecule has 1 aliphatic carbocycles. The third kappa shape index (κ3) is 4.06. The first-order valence-corrected chi connectivity index (χ1v) is 12.6. The molecule has 9 heteroatoms. The molecule has 2 heterocycles. The minimum absolute atomic E-state index is 0.177. The van der Waals surface area contributed by atoms with Crippen LogP contribution >= 0.6 is 0 Å². The van der Waals surface area contributed by atoms with Crippen LogP contribution in [-0.2, 0) is 27.2 Å². The largest absolute Gasteiger partial charge is 0.478 e. The van der Waals surface area contributed by atoms with E-state index in [0.717, 1.165) is 22.3 Å². The summed E-state index contributed by atoms with van der Waals surface area (Å²) < 4.78 is 5.94. The number of anilines is 2. The van der Waals surface area contributed by atoms with E-state index in [9.17, 15) is 19.2 Å². The maximum Gasteiger partial charge on any atom is 0.322 e. The molecule has 2 atom stereocenters. The number of amides is 5. The molecule has 0 radical (unpaired) electrons. The Morgan fingerprint density at radius 3 is 2.53 bits per heavy atom. The van der Waals surface area contributed by atoms with Gasteiger partial charge < -0.3 is 15.4 Å². The third-order valence-electron chi connectivity index (χ3n) is 7.33. The lowest BCUT2D eigenvalue weighted by atomic mass is 9.96. The van der Waals surface area contributed by atoms with Gasteiger partial charge in [0.1, 0.15) is 17.8 Å². The van der Waals surface area contributed by atoms with Crippen molar-refractivity contribution in [2.24, 2.45) is 0 Å². The number of ether oxygens (including phenoxy) is 1. The van der Waals surface area contributed by atoms with Crippen molar-refractivity contribution in [3.63, 3.8) is 0 Å². The molecule has 5 amide bonds. The van der Waals surface area contributed by atoms with Crippen molar-refractivity contribution < 1.29 is 23.9 Å². The first-order valence-electron chi connectivity index (χ1n) is 12.6. The van der Waals surface area contributed by atoms with Crippen molar-refractivity contribution in [3.05, 3.63) is 77.9 Å². The van der Waals surface area contributed by atoms with Crippen LogP contribution < -0.4 is 25.6 Å². The molecule has 1 fully saturated rings. The first-order chi connectivity index (χ1) is 18.3. The quantitative estimate of drug-likeness (QED) is 0.456. The van der Waals surface area contributed by atoms with Gasteiger partial charge in [0.05, 0.1) is 5.69 Å². The molecular weight excluding hydrogens is 484 g/mol. The number of hydrogen-bond donors (Lipinski definition) is 3. The number of hydrogen-bond acceptors (Lipinski definition) is 5. The summed E-state index contributed by atoms with van der Waals surface area (Å²) in [5.74, 6) is -0.400. The number of carbonyl (C=O) groups is 4. The van der Waals surface area contributed by atoms with E-state index in [1.54, 1.807) is 6.07 Å². The maximum absolute atomic E-state index is 13.3. The van der Waals surface area contributed by atoms with Crippen LogP contribution in [0, 0.1) is 0 Å². The van der Waals surface area contributed by atoms with Crippen LogP contribution in [0.2, 0.25) is 0 Å². The van der Waals surface area contributed by atoms with Gasteiger partial charge in [0.25, 0.3) is 11.8 Å². The van der Waals surface area contributed by atoms with Gasteiger partial charge in [0.2, 0.25) is 5.91 Å². The lowest BCUT2D eigenvalue weighted by Gasteiger charge is -2.34. The van der Waals surface area contributed by atoms with Crippen LogP contribution in [0.5, 0.6) is 5.75 Å². The minimum atomic E-state index is -0.975. The van der Waals surface area contributed by atoms with Gasteiger partial charge in [-0.05, 0) is 52.9 Å². The molecule has 192 valence electrons. The van der Waals surface area contributed by atoms with Crippen LogP contribution in [-0.4, -0.2) is 41.9 Å². The Balaban J connectivity index is 1.22. The fourth-order valence-corrected chi connectivity index (χ4v) is 5.43. The maximum atomic E-state index is 13.3. The zero-order valence-electron chi connectivity index (χ0n) is 20.7. The van der Waals surface area contributed by atoms with Crippen LogP contribution in [0.25, 0.3) is 11.1 Å². The Bertz CT molecular complexity index is 1490. The Morgan fingerprint density at radius 2 is 1.79 bits per heavy atom. The van der Waals surface area contributed by atoms with E-state index in [4.69, 9.17) is 4.74 Å². The lowest BCUT2D eigenvalue weighted by molar-refractivity contribution is -0.128. The lowest BCUT2D eigenvalue weighted by Crippen LogP contribution is -2.48. The van der Waals surface area contributed by atoms with Crippen LogP contribution in [0.3, 0.4) is 0 Å². The molecule has 6 rings (SSSR count). The average Bonchev–Trinajstić information content (AvgIpc) is 3.41. The third-order valence-corrected chi connectivity index (χ3v) is 7.33. The Kier molecular flexibility index (Phi) is 5.63. The molecule has 2 unspecified atom stereocenters. The van der Waals surface area contributed by atoms with Gasteiger partial charge in [-0.25, -0.2) is 4.79 Å². The van der Waals surface area contributed by atoms with E-state index in [0.29, 0.717) is 36.4 Å². The molecule has 38 heavy (non-hydrogen) atoms. The van der Waals surface area contributed by atoms with Crippen molar-refractivity contribution in [1.29, 1.82) is 0 Å². The summed E-state index contributed by atoms with van der Waals surface area (Å²) in [5, 5.41) is 7.93. The number of benzene rings is 3. The van der Waals surface area contributed by atoms with Gasteiger partial charge in [-0.2, -0.15) is 0 Å². The van der Waals surface area contributed by atoms with Crippen molar-refractivity contribution in [3.8, 4) is 16.9 Å². The number of carbonyl (C=O) groups excluding carboxylic acids is 4. The van der Waals surface area contributed by atoms with Gasteiger partial charge >= 0.3 is 6.03 Å². The van der Waals surface area contributed by atoms with E-state index >= 15 is 0 Å². The summed E-state index contributed by atoms with van der Waals surface area (Å²) in [5.41, 5.74) is 3.86. The Morgan fingerprint density at radius 1 is 1.00 bits per heavy atom. The predicted octanol–water partition coefficient (Wildman–Crippen LogP) is 3.17. The first kappa shape index (κ1) is 23.7. The topological polar surface area (TPSA) is 117 Å². The van der Waals surface area contributed by atoms with Gasteiger partial charge in [-0.15, -0.1) is 0 Å². The zero-order chi connectivity index (χ0) is 26.4. The predicted molar refractivity (Wildman–Crippen MR) is 141 cm³/mol. The minimum Gasteiger partial charge on any atom is -0.478 e. The second-order valence-corrected chi connectivity index (χ2v) is 9.86. The SMILES string of the molecule is CCC1Oc2ccc(-c3ccccc3)cc2N(CC(=O)Nc2ccc3c(c2)CC2(C3)NC(=O)NC2=O)C1=O. The van der Waals surface area contributed by atoms with Crippen molar-refractivity contribution in [2.75, 3.05) is 16.8 Å².